The number of nitrogens with zero attached hydrogens (tertiary/aromatic N) is 1. The Balaban J connectivity index is 2.07. The maximum absolute atomic E-state index is 12.3. The number of halogens is 3. The number of aromatic nitrogens is 1. The average Bonchev–Trinajstić information content (AvgIpc) is 2.38. The molecule has 0 aliphatic rings. The molecule has 0 radical (unpaired) electrons. The maximum atomic E-state index is 12.3. The number of para-hydroxylation sites is 2. The van der Waals surface area contributed by atoms with Gasteiger partial charge in [-0.2, -0.15) is 0 Å². The number of rotatable bonds is 4. The number of alkyl halides is 3. The van der Waals surface area contributed by atoms with E-state index >= 15 is 0 Å². The number of anilines is 1. The summed E-state index contributed by atoms with van der Waals surface area (Å²) >= 11 is 0. The van der Waals surface area contributed by atoms with Gasteiger partial charge in [-0.05, 0) is 30.7 Å². The van der Waals surface area contributed by atoms with E-state index in [9.17, 15) is 13.2 Å². The Kier molecular flexibility index (Phi) is 4.12. The smallest absolute Gasteiger partial charge is 0.404 e. The molecule has 0 amide bonds. The zero-order valence-electron chi connectivity index (χ0n) is 10.7. The predicted molar refractivity (Wildman–Crippen MR) is 69.4 cm³/mol. The van der Waals surface area contributed by atoms with Crippen molar-refractivity contribution in [3.8, 4) is 5.75 Å². The highest BCUT2D eigenvalue weighted by Crippen LogP contribution is 2.30. The molecule has 0 saturated carbocycles. The van der Waals surface area contributed by atoms with Gasteiger partial charge in [0.2, 0.25) is 0 Å². The van der Waals surface area contributed by atoms with Crippen molar-refractivity contribution in [1.82, 2.24) is 4.98 Å². The topological polar surface area (TPSA) is 34.1 Å². The molecule has 0 aliphatic carbocycles. The molecule has 6 heteroatoms. The minimum atomic E-state index is -4.71. The molecule has 0 saturated heterocycles. The molecule has 0 fully saturated rings. The third-order valence-corrected chi connectivity index (χ3v) is 2.57. The summed E-state index contributed by atoms with van der Waals surface area (Å²) in [7, 11) is 0. The summed E-state index contributed by atoms with van der Waals surface area (Å²) < 4.78 is 40.8. The second-order valence-electron chi connectivity index (χ2n) is 4.21. The molecule has 0 unspecified atom stereocenters. The van der Waals surface area contributed by atoms with Gasteiger partial charge in [0.15, 0.2) is 5.75 Å². The molecule has 2 aromatic rings. The second kappa shape index (κ2) is 5.81. The largest absolute Gasteiger partial charge is 0.573 e. The standard InChI is InChI=1S/C14H13F3N2O/c1-10-6-7-11(8-18-10)9-19-12-4-2-3-5-13(12)20-14(15,16)17/h2-8,19H,9H2,1H3. The Hall–Kier alpha value is -2.24. The lowest BCUT2D eigenvalue weighted by Gasteiger charge is -2.14. The van der Waals surface area contributed by atoms with Crippen LogP contribution in [0.4, 0.5) is 18.9 Å². The minimum absolute atomic E-state index is 0.250. The summed E-state index contributed by atoms with van der Waals surface area (Å²) in [6.45, 7) is 2.23. The first kappa shape index (κ1) is 14.2. The Morgan fingerprint density at radius 1 is 1.15 bits per heavy atom. The van der Waals surface area contributed by atoms with Crippen molar-refractivity contribution in [1.29, 1.82) is 0 Å². The van der Waals surface area contributed by atoms with Gasteiger partial charge in [0, 0.05) is 18.4 Å². The quantitative estimate of drug-likeness (QED) is 0.923. The van der Waals surface area contributed by atoms with Crippen molar-refractivity contribution < 1.29 is 17.9 Å². The average molecular weight is 282 g/mol. The van der Waals surface area contributed by atoms with Gasteiger partial charge in [0.1, 0.15) is 0 Å². The fraction of sp³-hybridized carbons (Fsp3) is 0.214. The van der Waals surface area contributed by atoms with Gasteiger partial charge in [-0.25, -0.2) is 0 Å². The van der Waals surface area contributed by atoms with E-state index in [-0.39, 0.29) is 11.4 Å². The monoisotopic (exact) mass is 282 g/mol. The van der Waals surface area contributed by atoms with Crippen LogP contribution in [0.15, 0.2) is 42.6 Å². The van der Waals surface area contributed by atoms with Crippen molar-refractivity contribution in [2.75, 3.05) is 5.32 Å². The summed E-state index contributed by atoms with van der Waals surface area (Å²) in [5.41, 5.74) is 2.04. The number of hydrogen-bond donors (Lipinski definition) is 1. The third-order valence-electron chi connectivity index (χ3n) is 2.57. The van der Waals surface area contributed by atoms with Gasteiger partial charge >= 0.3 is 6.36 Å². The molecule has 0 spiro atoms. The molecule has 0 atom stereocenters. The highest BCUT2D eigenvalue weighted by atomic mass is 19.4. The summed E-state index contributed by atoms with van der Waals surface area (Å²) in [5, 5.41) is 2.91. The number of hydrogen-bond acceptors (Lipinski definition) is 3. The van der Waals surface area contributed by atoms with Gasteiger partial charge in [-0.15, -0.1) is 13.2 Å². The third kappa shape index (κ3) is 4.15. The molecule has 0 aliphatic heterocycles. The summed E-state index contributed by atoms with van der Waals surface area (Å²) in [6.07, 6.45) is -3.03. The fourth-order valence-corrected chi connectivity index (χ4v) is 1.63. The Morgan fingerprint density at radius 3 is 2.55 bits per heavy atom. The summed E-state index contributed by atoms with van der Waals surface area (Å²) in [4.78, 5) is 4.12. The normalized spacial score (nSPS) is 11.2. The molecular formula is C14H13F3N2O. The van der Waals surface area contributed by atoms with Crippen LogP contribution in [-0.4, -0.2) is 11.3 Å². The van der Waals surface area contributed by atoms with E-state index < -0.39 is 6.36 Å². The fourth-order valence-electron chi connectivity index (χ4n) is 1.63. The summed E-state index contributed by atoms with van der Waals surface area (Å²) in [5.74, 6) is -0.250. The molecule has 1 aromatic carbocycles. The van der Waals surface area contributed by atoms with Crippen LogP contribution < -0.4 is 10.1 Å². The van der Waals surface area contributed by atoms with E-state index in [0.717, 1.165) is 11.3 Å². The molecule has 1 aromatic heterocycles. The lowest BCUT2D eigenvalue weighted by molar-refractivity contribution is -0.274. The first-order valence-corrected chi connectivity index (χ1v) is 5.94. The van der Waals surface area contributed by atoms with Crippen LogP contribution in [0, 0.1) is 6.92 Å². The number of aryl methyl sites for hydroxylation is 1. The van der Waals surface area contributed by atoms with Crippen molar-refractivity contribution in [3.63, 3.8) is 0 Å². The number of ether oxygens (including phenoxy) is 1. The SMILES string of the molecule is Cc1ccc(CNc2ccccc2OC(F)(F)F)cn1. The Bertz CT molecular complexity index is 567. The van der Waals surface area contributed by atoms with E-state index in [2.05, 4.69) is 15.0 Å². The molecule has 2 rings (SSSR count). The number of nitrogens with one attached hydrogen (secondary N) is 1. The highest BCUT2D eigenvalue weighted by molar-refractivity contribution is 5.56. The van der Waals surface area contributed by atoms with Crippen LogP contribution in [0.5, 0.6) is 5.75 Å². The Labute approximate surface area is 114 Å². The van der Waals surface area contributed by atoms with E-state index in [1.165, 1.54) is 18.2 Å². The van der Waals surface area contributed by atoms with Gasteiger partial charge in [0.25, 0.3) is 0 Å². The van der Waals surface area contributed by atoms with Gasteiger partial charge < -0.3 is 10.1 Å². The van der Waals surface area contributed by atoms with Gasteiger partial charge in [-0.3, -0.25) is 4.98 Å². The van der Waals surface area contributed by atoms with E-state index in [1.54, 1.807) is 12.3 Å². The second-order valence-corrected chi connectivity index (χ2v) is 4.21. The predicted octanol–water partition coefficient (Wildman–Crippen LogP) is 3.90. The lowest BCUT2D eigenvalue weighted by atomic mass is 10.2. The number of benzene rings is 1. The van der Waals surface area contributed by atoms with Crippen LogP contribution in [-0.2, 0) is 6.54 Å². The molecule has 0 bridgehead atoms. The van der Waals surface area contributed by atoms with Crippen molar-refractivity contribution in [2.24, 2.45) is 0 Å². The molecule has 106 valence electrons. The van der Waals surface area contributed by atoms with E-state index in [1.807, 2.05) is 19.1 Å². The van der Waals surface area contributed by atoms with Crippen molar-refractivity contribution >= 4 is 5.69 Å². The van der Waals surface area contributed by atoms with E-state index in [4.69, 9.17) is 0 Å². The summed E-state index contributed by atoms with van der Waals surface area (Å²) in [6, 6.07) is 9.63. The lowest BCUT2D eigenvalue weighted by Crippen LogP contribution is -2.18. The first-order valence-electron chi connectivity index (χ1n) is 5.94. The number of pyridine rings is 1. The van der Waals surface area contributed by atoms with Crippen LogP contribution in [0.3, 0.4) is 0 Å². The van der Waals surface area contributed by atoms with Crippen LogP contribution in [0.25, 0.3) is 0 Å². The maximum Gasteiger partial charge on any atom is 0.573 e. The van der Waals surface area contributed by atoms with Gasteiger partial charge in [-0.1, -0.05) is 18.2 Å². The van der Waals surface area contributed by atoms with Gasteiger partial charge in [0.05, 0.1) is 5.69 Å². The molecule has 1 heterocycles. The minimum Gasteiger partial charge on any atom is -0.404 e. The molecular weight excluding hydrogens is 269 g/mol. The van der Waals surface area contributed by atoms with Crippen LogP contribution in [0.2, 0.25) is 0 Å². The Morgan fingerprint density at radius 2 is 1.90 bits per heavy atom. The highest BCUT2D eigenvalue weighted by Gasteiger charge is 2.32. The zero-order chi connectivity index (χ0) is 14.6. The first-order chi connectivity index (χ1) is 9.44. The molecule has 20 heavy (non-hydrogen) atoms. The van der Waals surface area contributed by atoms with Crippen molar-refractivity contribution in [2.45, 2.75) is 19.8 Å². The van der Waals surface area contributed by atoms with Crippen LogP contribution in [0.1, 0.15) is 11.3 Å². The van der Waals surface area contributed by atoms with Crippen LogP contribution >= 0.6 is 0 Å². The van der Waals surface area contributed by atoms with E-state index in [0.29, 0.717) is 6.54 Å². The van der Waals surface area contributed by atoms with Crippen molar-refractivity contribution in [3.05, 3.63) is 53.9 Å². The molecule has 3 nitrogen and oxygen atoms in total. The molecule has 1 N–H and O–H groups in total. The zero-order valence-corrected chi connectivity index (χ0v) is 10.7.